The smallest absolute Gasteiger partial charge is 0.144 e. The topological polar surface area (TPSA) is 29.5 Å². The van der Waals surface area contributed by atoms with Crippen molar-refractivity contribution in [2.75, 3.05) is 0 Å². The van der Waals surface area contributed by atoms with E-state index in [1.54, 1.807) is 24.3 Å². The van der Waals surface area contributed by atoms with Crippen LogP contribution in [-0.2, 0) is 13.2 Å². The minimum absolute atomic E-state index is 0.223. The Hall–Kier alpha value is -1.29. The van der Waals surface area contributed by atoms with Gasteiger partial charge in [0.1, 0.15) is 18.2 Å². The molecular weight excluding hydrogens is 290 g/mol. The summed E-state index contributed by atoms with van der Waals surface area (Å²) in [6.45, 7) is 0.00760. The maximum Gasteiger partial charge on any atom is 0.144 e. The van der Waals surface area contributed by atoms with Crippen LogP contribution in [0, 0.1) is 5.82 Å². The first-order valence-corrected chi connectivity index (χ1v) is 6.32. The van der Waals surface area contributed by atoms with E-state index in [0.717, 1.165) is 5.56 Å². The Morgan fingerprint density at radius 2 is 1.79 bits per heavy atom. The lowest BCUT2D eigenvalue weighted by Gasteiger charge is -2.12. The lowest BCUT2D eigenvalue weighted by molar-refractivity contribution is 0.259. The zero-order valence-corrected chi connectivity index (χ0v) is 11.4. The van der Waals surface area contributed by atoms with Crippen LogP contribution in [0.2, 0.25) is 10.0 Å². The molecule has 0 heterocycles. The van der Waals surface area contributed by atoms with Gasteiger partial charge >= 0.3 is 0 Å². The third-order valence-electron chi connectivity index (χ3n) is 2.55. The van der Waals surface area contributed by atoms with Gasteiger partial charge in [0.25, 0.3) is 0 Å². The van der Waals surface area contributed by atoms with Crippen LogP contribution in [0.25, 0.3) is 0 Å². The summed E-state index contributed by atoms with van der Waals surface area (Å²) in [6.07, 6.45) is 0. The average Bonchev–Trinajstić information content (AvgIpc) is 2.39. The Labute approximate surface area is 120 Å². The van der Waals surface area contributed by atoms with Crippen LogP contribution in [0.5, 0.6) is 5.75 Å². The fourth-order valence-corrected chi connectivity index (χ4v) is 2.22. The zero-order chi connectivity index (χ0) is 13.8. The Morgan fingerprint density at radius 3 is 2.42 bits per heavy atom. The summed E-state index contributed by atoms with van der Waals surface area (Å²) in [5, 5.41) is 10.0. The van der Waals surface area contributed by atoms with Gasteiger partial charge in [0.05, 0.1) is 11.6 Å². The van der Waals surface area contributed by atoms with E-state index in [1.165, 1.54) is 12.1 Å². The van der Waals surface area contributed by atoms with E-state index in [4.69, 9.17) is 27.9 Å². The van der Waals surface area contributed by atoms with Crippen LogP contribution in [0.3, 0.4) is 0 Å². The number of benzene rings is 2. The van der Waals surface area contributed by atoms with E-state index in [1.807, 2.05) is 0 Å². The van der Waals surface area contributed by atoms with E-state index in [0.29, 0.717) is 21.4 Å². The number of halogens is 3. The molecule has 0 saturated carbocycles. The molecule has 0 aliphatic carbocycles. The van der Waals surface area contributed by atoms with Gasteiger partial charge in [0, 0.05) is 10.6 Å². The molecule has 5 heteroatoms. The molecule has 0 aromatic heterocycles. The molecule has 2 nitrogen and oxygen atoms in total. The highest BCUT2D eigenvalue weighted by Crippen LogP contribution is 2.33. The molecule has 0 saturated heterocycles. The molecule has 0 atom stereocenters. The Bertz CT molecular complexity index is 570. The summed E-state index contributed by atoms with van der Waals surface area (Å²) in [5.74, 6) is 0.0854. The maximum atomic E-state index is 12.8. The van der Waals surface area contributed by atoms with Gasteiger partial charge in [-0.2, -0.15) is 0 Å². The summed E-state index contributed by atoms with van der Waals surface area (Å²) >= 11 is 11.9. The molecule has 2 rings (SSSR count). The van der Waals surface area contributed by atoms with Crippen LogP contribution in [0.4, 0.5) is 4.39 Å². The first kappa shape index (κ1) is 14.1. The molecule has 19 heavy (non-hydrogen) atoms. The summed E-state index contributed by atoms with van der Waals surface area (Å²) in [5.41, 5.74) is 1.32. The van der Waals surface area contributed by atoms with Gasteiger partial charge in [-0.25, -0.2) is 4.39 Å². The Balaban J connectivity index is 2.17. The molecule has 0 aliphatic heterocycles. The Kier molecular flexibility index (Phi) is 4.64. The van der Waals surface area contributed by atoms with Crippen molar-refractivity contribution in [2.24, 2.45) is 0 Å². The number of aliphatic hydroxyl groups is 1. The van der Waals surface area contributed by atoms with Crippen molar-refractivity contribution in [1.29, 1.82) is 0 Å². The monoisotopic (exact) mass is 300 g/mol. The highest BCUT2D eigenvalue weighted by Gasteiger charge is 2.10. The third kappa shape index (κ3) is 3.60. The molecule has 0 fully saturated rings. The molecule has 0 radical (unpaired) electrons. The fraction of sp³-hybridized carbons (Fsp3) is 0.143. The van der Waals surface area contributed by atoms with Gasteiger partial charge in [0.2, 0.25) is 0 Å². The summed E-state index contributed by atoms with van der Waals surface area (Å²) in [7, 11) is 0. The largest absolute Gasteiger partial charge is 0.487 e. The van der Waals surface area contributed by atoms with Gasteiger partial charge in [-0.15, -0.1) is 0 Å². The van der Waals surface area contributed by atoms with E-state index in [9.17, 15) is 9.50 Å². The van der Waals surface area contributed by atoms with E-state index >= 15 is 0 Å². The maximum absolute atomic E-state index is 12.8. The zero-order valence-electron chi connectivity index (χ0n) is 9.87. The normalized spacial score (nSPS) is 10.5. The highest BCUT2D eigenvalue weighted by molar-refractivity contribution is 6.35. The van der Waals surface area contributed by atoms with Crippen molar-refractivity contribution in [3.63, 3.8) is 0 Å². The van der Waals surface area contributed by atoms with E-state index < -0.39 is 0 Å². The van der Waals surface area contributed by atoms with Crippen LogP contribution in [0.1, 0.15) is 11.1 Å². The number of aliphatic hydroxyl groups excluding tert-OH is 1. The quantitative estimate of drug-likeness (QED) is 0.917. The second-order valence-corrected chi connectivity index (χ2v) is 4.79. The number of ether oxygens (including phenoxy) is 1. The molecule has 1 N–H and O–H groups in total. The highest BCUT2D eigenvalue weighted by atomic mass is 35.5. The van der Waals surface area contributed by atoms with Crippen molar-refractivity contribution in [1.82, 2.24) is 0 Å². The minimum atomic E-state index is -0.302. The van der Waals surface area contributed by atoms with Crippen molar-refractivity contribution < 1.29 is 14.2 Å². The van der Waals surface area contributed by atoms with Crippen molar-refractivity contribution >= 4 is 23.2 Å². The first-order chi connectivity index (χ1) is 9.10. The minimum Gasteiger partial charge on any atom is -0.487 e. The number of rotatable bonds is 4. The second kappa shape index (κ2) is 6.24. The predicted octanol–water partition coefficient (Wildman–Crippen LogP) is 4.20. The predicted molar refractivity (Wildman–Crippen MR) is 73.1 cm³/mol. The second-order valence-electron chi connectivity index (χ2n) is 3.95. The molecule has 0 amide bonds. The van der Waals surface area contributed by atoms with Crippen LogP contribution < -0.4 is 4.74 Å². The van der Waals surface area contributed by atoms with Gasteiger partial charge in [-0.05, 0) is 29.8 Å². The Morgan fingerprint density at radius 1 is 1.11 bits per heavy atom. The molecular formula is C14H11Cl2FO2. The average molecular weight is 301 g/mol. The third-order valence-corrected chi connectivity index (χ3v) is 3.05. The first-order valence-electron chi connectivity index (χ1n) is 5.56. The van der Waals surface area contributed by atoms with Crippen LogP contribution in [-0.4, -0.2) is 5.11 Å². The molecule has 0 aliphatic rings. The standard InChI is InChI=1S/C14H11Cl2FO2/c15-11-5-10(7-18)14(13(16)6-11)19-8-9-1-3-12(17)4-2-9/h1-6,18H,7-8H2. The van der Waals surface area contributed by atoms with Gasteiger partial charge in [-0.3, -0.25) is 0 Å². The SMILES string of the molecule is OCc1cc(Cl)cc(Cl)c1OCc1ccc(F)cc1. The van der Waals surface area contributed by atoms with Gasteiger partial charge in [0.15, 0.2) is 0 Å². The number of hydrogen-bond acceptors (Lipinski definition) is 2. The molecule has 2 aromatic rings. The van der Waals surface area contributed by atoms with Gasteiger partial charge < -0.3 is 9.84 Å². The van der Waals surface area contributed by atoms with Gasteiger partial charge in [-0.1, -0.05) is 35.3 Å². The lowest BCUT2D eigenvalue weighted by atomic mass is 10.2. The fourth-order valence-electron chi connectivity index (χ4n) is 1.63. The molecule has 2 aromatic carbocycles. The van der Waals surface area contributed by atoms with Crippen molar-refractivity contribution in [3.8, 4) is 5.75 Å². The van der Waals surface area contributed by atoms with E-state index in [-0.39, 0.29) is 19.0 Å². The van der Waals surface area contributed by atoms with Crippen LogP contribution >= 0.6 is 23.2 Å². The summed E-state index contributed by atoms with van der Waals surface area (Å²) in [6, 6.07) is 9.09. The van der Waals surface area contributed by atoms with Crippen molar-refractivity contribution in [3.05, 3.63) is 63.4 Å². The number of hydrogen-bond donors (Lipinski definition) is 1. The summed E-state index contributed by atoms with van der Waals surface area (Å²) in [4.78, 5) is 0. The summed E-state index contributed by atoms with van der Waals surface area (Å²) < 4.78 is 18.3. The molecule has 0 spiro atoms. The van der Waals surface area contributed by atoms with Crippen molar-refractivity contribution in [2.45, 2.75) is 13.2 Å². The molecule has 0 unspecified atom stereocenters. The van der Waals surface area contributed by atoms with E-state index in [2.05, 4.69) is 0 Å². The lowest BCUT2D eigenvalue weighted by Crippen LogP contribution is -2.00. The molecule has 0 bridgehead atoms. The molecule has 100 valence electrons. The van der Waals surface area contributed by atoms with Crippen LogP contribution in [0.15, 0.2) is 36.4 Å².